The van der Waals surface area contributed by atoms with Crippen molar-refractivity contribution in [2.75, 3.05) is 5.75 Å². The summed E-state index contributed by atoms with van der Waals surface area (Å²) in [5.41, 5.74) is 5.24. The molecule has 0 aromatic heterocycles. The molecule has 0 aliphatic rings. The zero-order chi connectivity index (χ0) is 11.8. The molecule has 0 aromatic carbocycles. The van der Waals surface area contributed by atoms with Crippen LogP contribution in [0.4, 0.5) is 0 Å². The maximum absolute atomic E-state index is 10.9. The third-order valence-corrected chi connectivity index (χ3v) is 1.88. The molecule has 0 unspecified atom stereocenters. The van der Waals surface area contributed by atoms with Crippen molar-refractivity contribution in [3.05, 3.63) is 0 Å². The Bertz CT molecular complexity index is 255. The van der Waals surface area contributed by atoms with Crippen LogP contribution in [0.5, 0.6) is 0 Å². The van der Waals surface area contributed by atoms with Gasteiger partial charge < -0.3 is 15.6 Å². The molecule has 0 saturated carbocycles. The highest BCUT2D eigenvalue weighted by atomic mass is 32.1. The monoisotopic (exact) mass is 235 g/mol. The highest BCUT2D eigenvalue weighted by molar-refractivity contribution is 7.80. The number of esters is 2. The summed E-state index contributed by atoms with van der Waals surface area (Å²) < 4.78 is 4.34. The molecule has 6 nitrogen and oxygen atoms in total. The van der Waals surface area contributed by atoms with Crippen LogP contribution in [0.3, 0.4) is 0 Å². The quantitative estimate of drug-likeness (QED) is 0.327. The van der Waals surface area contributed by atoms with E-state index in [1.165, 1.54) is 0 Å². The van der Waals surface area contributed by atoms with Gasteiger partial charge in [-0.25, -0.2) is 4.79 Å². The van der Waals surface area contributed by atoms with E-state index in [4.69, 9.17) is 10.8 Å². The van der Waals surface area contributed by atoms with Gasteiger partial charge in [0.15, 0.2) is 0 Å². The van der Waals surface area contributed by atoms with Crippen molar-refractivity contribution in [2.24, 2.45) is 5.73 Å². The van der Waals surface area contributed by atoms with Crippen molar-refractivity contribution in [3.63, 3.8) is 0 Å². The van der Waals surface area contributed by atoms with Gasteiger partial charge in [0.25, 0.3) is 0 Å². The lowest BCUT2D eigenvalue weighted by Gasteiger charge is -2.06. The lowest BCUT2D eigenvalue weighted by atomic mass is 10.2. The summed E-state index contributed by atoms with van der Waals surface area (Å²) in [6.45, 7) is 0. The minimum atomic E-state index is -0.999. The maximum atomic E-state index is 10.9. The number of aliphatic carboxylic acids is 1. The SMILES string of the molecule is N[C@@H](CS)C(=O)OC(=O)CCCC(=O)O. The number of hydrogen-bond acceptors (Lipinski definition) is 6. The molecular weight excluding hydrogens is 222 g/mol. The molecule has 0 aliphatic heterocycles. The Morgan fingerprint density at radius 1 is 1.33 bits per heavy atom. The molecule has 0 amide bonds. The Labute approximate surface area is 92.2 Å². The van der Waals surface area contributed by atoms with E-state index in [1.807, 2.05) is 0 Å². The van der Waals surface area contributed by atoms with Crippen LogP contribution < -0.4 is 5.73 Å². The van der Waals surface area contributed by atoms with E-state index >= 15 is 0 Å². The molecular formula is C8H13NO5S. The molecule has 3 N–H and O–H groups in total. The zero-order valence-electron chi connectivity index (χ0n) is 8.01. The molecule has 0 radical (unpaired) electrons. The van der Waals surface area contributed by atoms with Gasteiger partial charge in [0.05, 0.1) is 0 Å². The van der Waals surface area contributed by atoms with Gasteiger partial charge in [-0.3, -0.25) is 9.59 Å². The summed E-state index contributed by atoms with van der Waals surface area (Å²) in [6, 6.07) is -0.934. The van der Waals surface area contributed by atoms with Crippen LogP contribution in [0.1, 0.15) is 19.3 Å². The van der Waals surface area contributed by atoms with Crippen LogP contribution in [0, 0.1) is 0 Å². The molecule has 86 valence electrons. The number of ether oxygens (including phenoxy) is 1. The highest BCUT2D eigenvalue weighted by Crippen LogP contribution is 1.99. The van der Waals surface area contributed by atoms with E-state index in [1.54, 1.807) is 0 Å². The number of nitrogens with two attached hydrogens (primary N) is 1. The Hall–Kier alpha value is -1.08. The van der Waals surface area contributed by atoms with Crippen molar-refractivity contribution < 1.29 is 24.2 Å². The Kier molecular flexibility index (Phi) is 6.72. The molecule has 0 spiro atoms. The van der Waals surface area contributed by atoms with Crippen LogP contribution in [0.2, 0.25) is 0 Å². The fourth-order valence-electron chi connectivity index (χ4n) is 0.697. The average Bonchev–Trinajstić information content (AvgIpc) is 2.15. The summed E-state index contributed by atoms with van der Waals surface area (Å²) in [6.07, 6.45) is -0.114. The summed E-state index contributed by atoms with van der Waals surface area (Å²) >= 11 is 3.76. The van der Waals surface area contributed by atoms with Crippen LogP contribution in [0.25, 0.3) is 0 Å². The largest absolute Gasteiger partial charge is 0.481 e. The molecule has 0 fully saturated rings. The molecule has 15 heavy (non-hydrogen) atoms. The molecule has 7 heteroatoms. The van der Waals surface area contributed by atoms with Gasteiger partial charge >= 0.3 is 17.9 Å². The predicted octanol–water partition coefficient (Wildman–Crippen LogP) is -0.432. The Morgan fingerprint density at radius 2 is 1.93 bits per heavy atom. The normalized spacial score (nSPS) is 11.9. The summed E-state index contributed by atoms with van der Waals surface area (Å²) in [7, 11) is 0. The van der Waals surface area contributed by atoms with E-state index < -0.39 is 23.9 Å². The number of hydrogen-bond donors (Lipinski definition) is 3. The third-order valence-electron chi connectivity index (χ3n) is 1.49. The lowest BCUT2D eigenvalue weighted by molar-refractivity contribution is -0.160. The smallest absolute Gasteiger partial charge is 0.331 e. The van der Waals surface area contributed by atoms with Crippen molar-refractivity contribution in [3.8, 4) is 0 Å². The van der Waals surface area contributed by atoms with Crippen LogP contribution in [-0.2, 0) is 19.1 Å². The Morgan fingerprint density at radius 3 is 2.40 bits per heavy atom. The van der Waals surface area contributed by atoms with Crippen molar-refractivity contribution in [1.29, 1.82) is 0 Å². The van der Waals surface area contributed by atoms with E-state index in [-0.39, 0.29) is 25.0 Å². The first-order valence-corrected chi connectivity index (χ1v) is 4.93. The predicted molar refractivity (Wildman–Crippen MR) is 54.4 cm³/mol. The van der Waals surface area contributed by atoms with Crippen LogP contribution in [-0.4, -0.2) is 34.8 Å². The standard InChI is InChI=1S/C8H13NO5S/c9-5(4-15)8(13)14-7(12)3-1-2-6(10)11/h5,15H,1-4,9H2,(H,10,11)/t5-/m0/s1. The van der Waals surface area contributed by atoms with E-state index in [0.717, 1.165) is 0 Å². The van der Waals surface area contributed by atoms with E-state index in [2.05, 4.69) is 17.4 Å². The van der Waals surface area contributed by atoms with Crippen molar-refractivity contribution >= 4 is 30.5 Å². The topological polar surface area (TPSA) is 107 Å². The van der Waals surface area contributed by atoms with Gasteiger partial charge in [-0.1, -0.05) is 0 Å². The molecule has 0 aromatic rings. The molecule has 0 heterocycles. The molecule has 0 saturated heterocycles. The first-order valence-electron chi connectivity index (χ1n) is 4.30. The van der Waals surface area contributed by atoms with Gasteiger partial charge in [-0.2, -0.15) is 12.6 Å². The molecule has 0 bridgehead atoms. The number of thiol groups is 1. The average molecular weight is 235 g/mol. The third kappa shape index (κ3) is 6.92. The summed E-state index contributed by atoms with van der Waals surface area (Å²) in [5, 5.41) is 8.29. The first-order chi connectivity index (χ1) is 6.97. The molecule has 1 atom stereocenters. The summed E-state index contributed by atoms with van der Waals surface area (Å²) in [5.74, 6) is -2.52. The maximum Gasteiger partial charge on any atom is 0.331 e. The van der Waals surface area contributed by atoms with Crippen molar-refractivity contribution in [2.45, 2.75) is 25.3 Å². The van der Waals surface area contributed by atoms with E-state index in [0.29, 0.717) is 0 Å². The number of carboxylic acid groups (broad SMARTS) is 1. The van der Waals surface area contributed by atoms with Crippen LogP contribution >= 0.6 is 12.6 Å². The van der Waals surface area contributed by atoms with Gasteiger partial charge in [0, 0.05) is 18.6 Å². The second-order valence-electron chi connectivity index (χ2n) is 2.83. The zero-order valence-corrected chi connectivity index (χ0v) is 8.90. The van der Waals surface area contributed by atoms with E-state index in [9.17, 15) is 14.4 Å². The lowest BCUT2D eigenvalue weighted by Crippen LogP contribution is -2.35. The molecule has 0 aliphatic carbocycles. The fourth-order valence-corrected chi connectivity index (χ4v) is 0.846. The number of carbonyl (C=O) groups excluding carboxylic acids is 2. The second kappa shape index (κ2) is 7.24. The van der Waals surface area contributed by atoms with Gasteiger partial charge in [-0.05, 0) is 6.42 Å². The fraction of sp³-hybridized carbons (Fsp3) is 0.625. The minimum absolute atomic E-state index is 0.0846. The first kappa shape index (κ1) is 13.9. The van der Waals surface area contributed by atoms with Gasteiger partial charge in [0.2, 0.25) is 0 Å². The van der Waals surface area contributed by atoms with Gasteiger partial charge in [0.1, 0.15) is 6.04 Å². The summed E-state index contributed by atoms with van der Waals surface area (Å²) in [4.78, 5) is 32.0. The Balaban J connectivity index is 3.74. The van der Waals surface area contributed by atoms with Crippen LogP contribution in [0.15, 0.2) is 0 Å². The highest BCUT2D eigenvalue weighted by Gasteiger charge is 2.17. The van der Waals surface area contributed by atoms with Crippen molar-refractivity contribution in [1.82, 2.24) is 0 Å². The second-order valence-corrected chi connectivity index (χ2v) is 3.19. The van der Waals surface area contributed by atoms with Gasteiger partial charge in [-0.15, -0.1) is 0 Å². The number of carboxylic acids is 1. The molecule has 0 rings (SSSR count). The number of carbonyl (C=O) groups is 3. The number of rotatable bonds is 6. The minimum Gasteiger partial charge on any atom is -0.481 e.